The van der Waals surface area contributed by atoms with E-state index in [1.54, 1.807) is 17.0 Å². The molecule has 2 heterocycles. The van der Waals surface area contributed by atoms with Crippen LogP contribution in [0.25, 0.3) is 11.3 Å². The predicted octanol–water partition coefficient (Wildman–Crippen LogP) is 3.92. The molecule has 5 nitrogen and oxygen atoms in total. The van der Waals surface area contributed by atoms with Gasteiger partial charge in [0.25, 0.3) is 0 Å². The zero-order valence-corrected chi connectivity index (χ0v) is 16.0. The Balaban J connectivity index is 1.44. The molecule has 1 aromatic heterocycles. The number of carbonyl (C=O) groups is 2. The van der Waals surface area contributed by atoms with E-state index in [9.17, 15) is 14.0 Å². The van der Waals surface area contributed by atoms with Crippen molar-refractivity contribution in [2.75, 3.05) is 11.9 Å². The molecule has 27 heavy (non-hydrogen) atoms. The number of piperidine rings is 1. The molecule has 1 N–H and O–H groups in total. The molecule has 0 spiro atoms. The lowest BCUT2D eigenvalue weighted by atomic mass is 10.0. The molecule has 2 fully saturated rings. The third-order valence-electron chi connectivity index (χ3n) is 5.39. The number of nitrogens with one attached hydrogen (secondary N) is 1. The number of hydrogen-bond donors (Lipinski definition) is 1. The van der Waals surface area contributed by atoms with E-state index in [1.807, 2.05) is 5.38 Å². The number of halogens is 1. The van der Waals surface area contributed by atoms with Gasteiger partial charge in [-0.25, -0.2) is 9.37 Å². The topological polar surface area (TPSA) is 62.3 Å². The van der Waals surface area contributed by atoms with E-state index in [0.717, 1.165) is 24.8 Å². The first-order chi connectivity index (χ1) is 13.0. The summed E-state index contributed by atoms with van der Waals surface area (Å²) < 4.78 is 13.1. The first kappa shape index (κ1) is 18.1. The number of hydrogen-bond acceptors (Lipinski definition) is 4. The minimum Gasteiger partial charge on any atom is -0.330 e. The number of anilines is 1. The van der Waals surface area contributed by atoms with Crippen molar-refractivity contribution in [1.82, 2.24) is 9.88 Å². The second-order valence-corrected chi connectivity index (χ2v) is 8.25. The van der Waals surface area contributed by atoms with E-state index >= 15 is 0 Å². The van der Waals surface area contributed by atoms with E-state index < -0.39 is 6.04 Å². The van der Waals surface area contributed by atoms with Gasteiger partial charge in [-0.15, -0.1) is 11.3 Å². The molecule has 0 bridgehead atoms. The van der Waals surface area contributed by atoms with Crippen molar-refractivity contribution in [2.45, 2.75) is 38.6 Å². The Morgan fingerprint density at radius 1 is 1.26 bits per heavy atom. The van der Waals surface area contributed by atoms with Crippen LogP contribution >= 0.6 is 11.3 Å². The lowest BCUT2D eigenvalue weighted by Gasteiger charge is -2.34. The molecule has 3 atom stereocenters. The molecule has 1 aliphatic carbocycles. The summed E-state index contributed by atoms with van der Waals surface area (Å²) >= 11 is 1.33. The Labute approximate surface area is 161 Å². The van der Waals surface area contributed by atoms with Crippen molar-refractivity contribution >= 4 is 28.3 Å². The molecule has 0 radical (unpaired) electrons. The van der Waals surface area contributed by atoms with Crippen molar-refractivity contribution in [3.05, 3.63) is 35.5 Å². The summed E-state index contributed by atoms with van der Waals surface area (Å²) in [4.78, 5) is 31.7. The summed E-state index contributed by atoms with van der Waals surface area (Å²) in [5, 5.41) is 5.20. The van der Waals surface area contributed by atoms with E-state index in [0.29, 0.717) is 29.7 Å². The highest BCUT2D eigenvalue weighted by atomic mass is 32.1. The predicted molar refractivity (Wildman–Crippen MR) is 103 cm³/mol. The van der Waals surface area contributed by atoms with Gasteiger partial charge in [0.05, 0.1) is 5.69 Å². The number of rotatable bonds is 4. The van der Waals surface area contributed by atoms with Crippen LogP contribution in [0.15, 0.2) is 29.6 Å². The van der Waals surface area contributed by atoms with Gasteiger partial charge in [-0.1, -0.05) is 6.92 Å². The highest BCUT2D eigenvalue weighted by Crippen LogP contribution is 2.40. The third-order valence-corrected chi connectivity index (χ3v) is 6.15. The van der Waals surface area contributed by atoms with Crippen molar-refractivity contribution in [2.24, 2.45) is 11.8 Å². The number of likely N-dealkylation sites (tertiary alicyclic amines) is 1. The zero-order chi connectivity index (χ0) is 19.0. The second-order valence-electron chi connectivity index (χ2n) is 7.40. The maximum Gasteiger partial charge on any atom is 0.248 e. The number of carbonyl (C=O) groups excluding carboxylic acids is 2. The molecule has 1 saturated carbocycles. The van der Waals surface area contributed by atoms with Gasteiger partial charge in [-0.05, 0) is 55.9 Å². The fourth-order valence-electron chi connectivity index (χ4n) is 3.62. The molecule has 142 valence electrons. The minimum absolute atomic E-state index is 0.0864. The van der Waals surface area contributed by atoms with Crippen LogP contribution in [0.3, 0.4) is 0 Å². The van der Waals surface area contributed by atoms with Crippen molar-refractivity contribution in [1.29, 1.82) is 0 Å². The van der Waals surface area contributed by atoms with Gasteiger partial charge in [-0.2, -0.15) is 0 Å². The van der Waals surface area contributed by atoms with E-state index in [-0.39, 0.29) is 23.5 Å². The summed E-state index contributed by atoms with van der Waals surface area (Å²) in [5.41, 5.74) is 1.49. The monoisotopic (exact) mass is 387 g/mol. The summed E-state index contributed by atoms with van der Waals surface area (Å²) in [6.07, 6.45) is 3.51. The molecular weight excluding hydrogens is 365 g/mol. The molecular formula is C20H22FN3O2S. The number of aromatic nitrogens is 1. The highest BCUT2D eigenvalue weighted by molar-refractivity contribution is 7.14. The summed E-state index contributed by atoms with van der Waals surface area (Å²) in [6.45, 7) is 2.73. The smallest absolute Gasteiger partial charge is 0.248 e. The average Bonchev–Trinajstić information content (AvgIpc) is 3.23. The summed E-state index contributed by atoms with van der Waals surface area (Å²) in [7, 11) is 0. The number of nitrogens with zero attached hydrogens (tertiary/aromatic N) is 2. The molecule has 1 aromatic carbocycles. The minimum atomic E-state index is -0.419. The van der Waals surface area contributed by atoms with Gasteiger partial charge in [-0.3, -0.25) is 9.59 Å². The number of benzene rings is 1. The molecule has 7 heteroatoms. The van der Waals surface area contributed by atoms with Crippen molar-refractivity contribution in [3.63, 3.8) is 0 Å². The van der Waals surface area contributed by atoms with Crippen LogP contribution in [0, 0.1) is 17.7 Å². The Morgan fingerprint density at radius 3 is 2.70 bits per heavy atom. The first-order valence-electron chi connectivity index (χ1n) is 9.36. The van der Waals surface area contributed by atoms with E-state index in [2.05, 4.69) is 17.2 Å². The Kier molecular flexibility index (Phi) is 4.95. The van der Waals surface area contributed by atoms with E-state index in [1.165, 1.54) is 23.5 Å². The first-order valence-corrected chi connectivity index (χ1v) is 10.2. The number of amides is 2. The third kappa shape index (κ3) is 3.88. The Hall–Kier alpha value is -2.28. The molecule has 2 aromatic rings. The summed E-state index contributed by atoms with van der Waals surface area (Å²) in [5.74, 6) is 0.170. The molecule has 3 unspecified atom stereocenters. The van der Waals surface area contributed by atoms with Gasteiger partial charge in [0.1, 0.15) is 11.9 Å². The van der Waals surface area contributed by atoms with Gasteiger partial charge < -0.3 is 10.2 Å². The maximum absolute atomic E-state index is 13.1. The van der Waals surface area contributed by atoms with Gasteiger partial charge in [0, 0.05) is 23.4 Å². The maximum atomic E-state index is 13.1. The molecule has 1 aliphatic heterocycles. The van der Waals surface area contributed by atoms with Gasteiger partial charge in [0.2, 0.25) is 11.8 Å². The normalized spacial score (nSPS) is 24.5. The Bertz CT molecular complexity index is 851. The SMILES string of the molecule is CC1CC1C(=O)N1CCCCC1C(=O)Nc1nc(-c2ccc(F)cc2)cs1. The molecule has 2 aliphatic rings. The lowest BCUT2D eigenvalue weighted by molar-refractivity contribution is -0.141. The standard InChI is InChI=1S/C20H22FN3O2S/c1-12-10-15(12)19(26)24-9-3-2-4-17(24)18(25)23-20-22-16(11-27-20)13-5-7-14(21)8-6-13/h5-8,11-12,15,17H,2-4,9-10H2,1H3,(H,22,23,25). The Morgan fingerprint density at radius 2 is 2.00 bits per heavy atom. The van der Waals surface area contributed by atoms with Crippen LogP contribution in [-0.4, -0.2) is 34.3 Å². The quantitative estimate of drug-likeness (QED) is 0.865. The van der Waals surface area contributed by atoms with Gasteiger partial charge >= 0.3 is 0 Å². The fraction of sp³-hybridized carbons (Fsp3) is 0.450. The number of thiazole rings is 1. The lowest BCUT2D eigenvalue weighted by Crippen LogP contribution is -2.50. The molecule has 2 amide bonds. The van der Waals surface area contributed by atoms with Crippen LogP contribution in [0.1, 0.15) is 32.6 Å². The molecule has 1 saturated heterocycles. The van der Waals surface area contributed by atoms with Crippen molar-refractivity contribution in [3.8, 4) is 11.3 Å². The van der Waals surface area contributed by atoms with Gasteiger partial charge in [0.15, 0.2) is 5.13 Å². The largest absolute Gasteiger partial charge is 0.330 e. The highest BCUT2D eigenvalue weighted by Gasteiger charge is 2.44. The zero-order valence-electron chi connectivity index (χ0n) is 15.2. The fourth-order valence-corrected chi connectivity index (χ4v) is 4.34. The average molecular weight is 387 g/mol. The summed E-state index contributed by atoms with van der Waals surface area (Å²) in [6, 6.07) is 5.68. The van der Waals surface area contributed by atoms with Crippen LogP contribution in [0.5, 0.6) is 0 Å². The van der Waals surface area contributed by atoms with Crippen LogP contribution in [0.2, 0.25) is 0 Å². The molecule has 4 rings (SSSR count). The van der Waals surface area contributed by atoms with Crippen LogP contribution in [-0.2, 0) is 9.59 Å². The van der Waals surface area contributed by atoms with E-state index in [4.69, 9.17) is 0 Å². The van der Waals surface area contributed by atoms with Crippen molar-refractivity contribution < 1.29 is 14.0 Å². The second kappa shape index (κ2) is 7.38. The van der Waals surface area contributed by atoms with Crippen LogP contribution in [0.4, 0.5) is 9.52 Å². The van der Waals surface area contributed by atoms with Crippen LogP contribution < -0.4 is 5.32 Å².